The lowest BCUT2D eigenvalue weighted by atomic mass is 10.1. The molecule has 1 aliphatic rings. The van der Waals surface area contributed by atoms with Crippen LogP contribution in [0.5, 0.6) is 5.75 Å². The molecular weight excluding hydrogens is 380 g/mol. The largest absolute Gasteiger partial charge is 0.497 e. The van der Waals surface area contributed by atoms with Gasteiger partial charge < -0.3 is 4.74 Å². The topological polar surface area (TPSA) is 101 Å². The fraction of sp³-hybridized carbons (Fsp3) is 0.105. The van der Waals surface area contributed by atoms with Crippen LogP contribution in [0.4, 0.5) is 5.13 Å². The molecule has 0 spiro atoms. The van der Waals surface area contributed by atoms with Crippen LogP contribution in [0.15, 0.2) is 48.5 Å². The van der Waals surface area contributed by atoms with E-state index in [0.717, 1.165) is 16.2 Å². The third-order valence-corrected chi connectivity index (χ3v) is 5.08. The SMILES string of the molecule is COc1ccc(-c2nnc(NC(=O)CN3C(=O)c4ccccc4C3=O)s2)cc1. The highest BCUT2D eigenvalue weighted by Crippen LogP contribution is 2.28. The number of benzene rings is 2. The lowest BCUT2D eigenvalue weighted by Crippen LogP contribution is -2.37. The van der Waals surface area contributed by atoms with Gasteiger partial charge in [-0.15, -0.1) is 10.2 Å². The molecule has 28 heavy (non-hydrogen) atoms. The van der Waals surface area contributed by atoms with Crippen LogP contribution in [0.2, 0.25) is 0 Å². The molecule has 9 heteroatoms. The second kappa shape index (κ2) is 7.20. The maximum atomic E-state index is 12.3. The molecule has 0 saturated heterocycles. The molecule has 140 valence electrons. The summed E-state index contributed by atoms with van der Waals surface area (Å²) in [5.74, 6) is -0.756. The van der Waals surface area contributed by atoms with Crippen molar-refractivity contribution < 1.29 is 19.1 Å². The zero-order valence-electron chi connectivity index (χ0n) is 14.7. The first-order chi connectivity index (χ1) is 13.6. The van der Waals surface area contributed by atoms with Crippen LogP contribution in [-0.4, -0.2) is 46.5 Å². The van der Waals surface area contributed by atoms with Crippen molar-refractivity contribution in [2.75, 3.05) is 19.0 Å². The lowest BCUT2D eigenvalue weighted by Gasteiger charge is -2.12. The van der Waals surface area contributed by atoms with Crippen molar-refractivity contribution in [3.05, 3.63) is 59.7 Å². The molecule has 0 atom stereocenters. The predicted molar refractivity (Wildman–Crippen MR) is 102 cm³/mol. The number of rotatable bonds is 5. The Kier molecular flexibility index (Phi) is 4.58. The monoisotopic (exact) mass is 394 g/mol. The van der Waals surface area contributed by atoms with Crippen LogP contribution >= 0.6 is 11.3 Å². The van der Waals surface area contributed by atoms with Crippen LogP contribution in [0, 0.1) is 0 Å². The van der Waals surface area contributed by atoms with E-state index in [2.05, 4.69) is 15.5 Å². The first-order valence-electron chi connectivity index (χ1n) is 8.30. The van der Waals surface area contributed by atoms with Gasteiger partial charge in [-0.1, -0.05) is 23.5 Å². The maximum absolute atomic E-state index is 12.3. The van der Waals surface area contributed by atoms with Crippen molar-refractivity contribution in [2.45, 2.75) is 0 Å². The Balaban J connectivity index is 1.43. The molecule has 0 bridgehead atoms. The quantitative estimate of drug-likeness (QED) is 0.667. The minimum atomic E-state index is -0.521. The number of carbonyl (C=O) groups excluding carboxylic acids is 3. The highest BCUT2D eigenvalue weighted by molar-refractivity contribution is 7.18. The normalized spacial score (nSPS) is 12.8. The van der Waals surface area contributed by atoms with Gasteiger partial charge in [0.15, 0.2) is 0 Å². The van der Waals surface area contributed by atoms with Gasteiger partial charge in [-0.2, -0.15) is 0 Å². The van der Waals surface area contributed by atoms with E-state index < -0.39 is 17.7 Å². The fourth-order valence-corrected chi connectivity index (χ4v) is 3.57. The van der Waals surface area contributed by atoms with Crippen LogP contribution in [0.25, 0.3) is 10.6 Å². The number of methoxy groups -OCH3 is 1. The Hall–Kier alpha value is -3.59. The second-order valence-electron chi connectivity index (χ2n) is 5.93. The van der Waals surface area contributed by atoms with Crippen molar-refractivity contribution in [3.63, 3.8) is 0 Å². The fourth-order valence-electron chi connectivity index (χ4n) is 2.81. The molecule has 8 nitrogen and oxygen atoms in total. The Bertz CT molecular complexity index is 1040. The molecule has 1 N–H and O–H groups in total. The highest BCUT2D eigenvalue weighted by Gasteiger charge is 2.36. The van der Waals surface area contributed by atoms with E-state index in [0.29, 0.717) is 16.1 Å². The van der Waals surface area contributed by atoms with Crippen LogP contribution in [0.3, 0.4) is 0 Å². The zero-order valence-corrected chi connectivity index (χ0v) is 15.5. The summed E-state index contributed by atoms with van der Waals surface area (Å²) in [6.45, 7) is -0.385. The summed E-state index contributed by atoms with van der Waals surface area (Å²) in [5, 5.41) is 11.5. The number of hydrogen-bond donors (Lipinski definition) is 1. The molecular formula is C19H14N4O4S. The highest BCUT2D eigenvalue weighted by atomic mass is 32.1. The summed E-state index contributed by atoms with van der Waals surface area (Å²) in [7, 11) is 1.59. The van der Waals surface area contributed by atoms with Crippen LogP contribution < -0.4 is 10.1 Å². The average molecular weight is 394 g/mol. The number of nitrogens with one attached hydrogen (secondary N) is 1. The van der Waals surface area contributed by atoms with E-state index in [4.69, 9.17) is 4.74 Å². The number of anilines is 1. The van der Waals surface area contributed by atoms with Crippen molar-refractivity contribution in [1.82, 2.24) is 15.1 Å². The number of nitrogens with zero attached hydrogens (tertiary/aromatic N) is 3. The van der Waals surface area contributed by atoms with Gasteiger partial charge in [-0.25, -0.2) is 0 Å². The van der Waals surface area contributed by atoms with E-state index in [9.17, 15) is 14.4 Å². The number of ether oxygens (including phenoxy) is 1. The third-order valence-electron chi connectivity index (χ3n) is 4.19. The molecule has 0 saturated carbocycles. The lowest BCUT2D eigenvalue weighted by molar-refractivity contribution is -0.116. The molecule has 4 rings (SSSR count). The predicted octanol–water partition coefficient (Wildman–Crippen LogP) is 2.45. The van der Waals surface area contributed by atoms with Gasteiger partial charge in [0.1, 0.15) is 17.3 Å². The molecule has 1 aliphatic heterocycles. The Morgan fingerprint density at radius 1 is 1.04 bits per heavy atom. The second-order valence-corrected chi connectivity index (χ2v) is 6.91. The average Bonchev–Trinajstić information content (AvgIpc) is 3.27. The summed E-state index contributed by atoms with van der Waals surface area (Å²) in [6, 6.07) is 13.8. The van der Waals surface area contributed by atoms with E-state index in [-0.39, 0.29) is 11.7 Å². The molecule has 1 aromatic heterocycles. The smallest absolute Gasteiger partial charge is 0.262 e. The van der Waals surface area contributed by atoms with Gasteiger partial charge in [-0.3, -0.25) is 24.6 Å². The first kappa shape index (κ1) is 17.8. The number of carbonyl (C=O) groups is 3. The van der Waals surface area contributed by atoms with Gasteiger partial charge in [0.05, 0.1) is 18.2 Å². The van der Waals surface area contributed by atoms with E-state index in [1.54, 1.807) is 43.5 Å². The number of fused-ring (bicyclic) bond motifs is 1. The molecule has 0 radical (unpaired) electrons. The van der Waals surface area contributed by atoms with E-state index in [1.807, 2.05) is 12.1 Å². The van der Waals surface area contributed by atoms with Crippen molar-refractivity contribution in [1.29, 1.82) is 0 Å². The molecule has 3 amide bonds. The zero-order chi connectivity index (χ0) is 19.7. The summed E-state index contributed by atoms with van der Waals surface area (Å²) in [5.41, 5.74) is 1.44. The summed E-state index contributed by atoms with van der Waals surface area (Å²) in [6.07, 6.45) is 0. The van der Waals surface area contributed by atoms with Gasteiger partial charge in [0.25, 0.3) is 11.8 Å². The number of aromatic nitrogens is 2. The standard InChI is InChI=1S/C19H14N4O4S/c1-27-12-8-6-11(7-9-12)16-21-22-19(28-16)20-15(24)10-23-17(25)13-4-2-3-5-14(13)18(23)26/h2-9H,10H2,1H3,(H,20,22,24). The number of hydrogen-bond acceptors (Lipinski definition) is 7. The first-order valence-corrected chi connectivity index (χ1v) is 9.11. The molecule has 2 aromatic carbocycles. The molecule has 3 aromatic rings. The van der Waals surface area contributed by atoms with Crippen LogP contribution in [0.1, 0.15) is 20.7 Å². The number of imide groups is 1. The van der Waals surface area contributed by atoms with Gasteiger partial charge in [0.2, 0.25) is 11.0 Å². The molecule has 0 fully saturated rings. The minimum Gasteiger partial charge on any atom is -0.497 e. The molecule has 2 heterocycles. The van der Waals surface area contributed by atoms with Crippen LogP contribution in [-0.2, 0) is 4.79 Å². The van der Waals surface area contributed by atoms with Gasteiger partial charge >= 0.3 is 0 Å². The summed E-state index contributed by atoms with van der Waals surface area (Å²) < 4.78 is 5.12. The number of amides is 3. The molecule has 0 aliphatic carbocycles. The van der Waals surface area contributed by atoms with Crippen molar-refractivity contribution >= 4 is 34.2 Å². The van der Waals surface area contributed by atoms with E-state index >= 15 is 0 Å². The van der Waals surface area contributed by atoms with Gasteiger partial charge in [0, 0.05) is 5.56 Å². The van der Waals surface area contributed by atoms with Crippen molar-refractivity contribution in [2.24, 2.45) is 0 Å². The Morgan fingerprint density at radius 3 is 2.29 bits per heavy atom. The maximum Gasteiger partial charge on any atom is 0.262 e. The third kappa shape index (κ3) is 3.23. The molecule has 0 unspecified atom stereocenters. The summed E-state index contributed by atoms with van der Waals surface area (Å²) >= 11 is 1.19. The Labute approximate surface area is 163 Å². The Morgan fingerprint density at radius 2 is 1.68 bits per heavy atom. The van der Waals surface area contributed by atoms with Gasteiger partial charge in [-0.05, 0) is 36.4 Å². The van der Waals surface area contributed by atoms with E-state index in [1.165, 1.54) is 11.3 Å². The minimum absolute atomic E-state index is 0.285. The van der Waals surface area contributed by atoms with Crippen molar-refractivity contribution in [3.8, 4) is 16.3 Å². The summed E-state index contributed by atoms with van der Waals surface area (Å²) in [4.78, 5) is 37.9.